The second-order valence-corrected chi connectivity index (χ2v) is 11.5. The number of aromatic amines is 1. The molecular formula is C26H24N4O2S2. The van der Waals surface area contributed by atoms with Gasteiger partial charge in [0.1, 0.15) is 0 Å². The van der Waals surface area contributed by atoms with Crippen LogP contribution in [0, 0.1) is 6.92 Å². The van der Waals surface area contributed by atoms with Crippen molar-refractivity contribution in [2.24, 2.45) is 0 Å². The van der Waals surface area contributed by atoms with Gasteiger partial charge in [-0.25, -0.2) is 17.7 Å². The summed E-state index contributed by atoms with van der Waals surface area (Å²) < 4.78 is 28.9. The molecule has 0 radical (unpaired) electrons. The Balaban J connectivity index is 1.44. The molecule has 0 aliphatic heterocycles. The number of nitrogens with zero attached hydrogens (tertiary/aromatic N) is 3. The van der Waals surface area contributed by atoms with Crippen LogP contribution in [0.5, 0.6) is 0 Å². The van der Waals surface area contributed by atoms with Crippen LogP contribution in [-0.2, 0) is 21.9 Å². The van der Waals surface area contributed by atoms with Crippen molar-refractivity contribution in [2.45, 2.75) is 42.5 Å². The molecule has 1 atom stereocenters. The number of allylic oxidation sites excluding steroid dienone is 1. The molecule has 2 heterocycles. The van der Waals surface area contributed by atoms with E-state index < -0.39 is 15.4 Å². The Labute approximate surface area is 203 Å². The minimum Gasteiger partial charge on any atom is -0.280 e. The van der Waals surface area contributed by atoms with Gasteiger partial charge in [0.2, 0.25) is 0 Å². The van der Waals surface area contributed by atoms with Crippen LogP contribution >= 0.6 is 11.3 Å². The Morgan fingerprint density at radius 1 is 1.09 bits per heavy atom. The first-order valence-electron chi connectivity index (χ1n) is 11.3. The number of aromatic nitrogens is 3. The number of benzene rings is 2. The van der Waals surface area contributed by atoms with E-state index in [9.17, 15) is 8.42 Å². The molecule has 0 saturated heterocycles. The zero-order valence-corrected chi connectivity index (χ0v) is 20.3. The van der Waals surface area contributed by atoms with Gasteiger partial charge in [-0.2, -0.15) is 5.10 Å². The van der Waals surface area contributed by atoms with E-state index in [0.717, 1.165) is 40.9 Å². The van der Waals surface area contributed by atoms with Crippen molar-refractivity contribution in [3.63, 3.8) is 0 Å². The number of hydrogen-bond acceptors (Lipinski definition) is 5. The molecule has 2 aromatic carbocycles. The first-order valence-corrected chi connectivity index (χ1v) is 13.7. The van der Waals surface area contributed by atoms with Crippen LogP contribution < -0.4 is 4.31 Å². The first-order chi connectivity index (χ1) is 16.5. The summed E-state index contributed by atoms with van der Waals surface area (Å²) in [5.74, 6) is 0.481. The maximum atomic E-state index is 13.7. The Morgan fingerprint density at radius 2 is 1.85 bits per heavy atom. The topological polar surface area (TPSA) is 79.0 Å². The van der Waals surface area contributed by atoms with E-state index in [4.69, 9.17) is 0 Å². The SMILES string of the molecule is Cc1ccc(S(=O)(=O)N(c2n[nH]c3c2C=CC(c2ccccc2)(c2cscn2)C3)C2CC2)cc1. The molecule has 2 aliphatic rings. The summed E-state index contributed by atoms with van der Waals surface area (Å²) in [6, 6.07) is 17.3. The maximum absolute atomic E-state index is 13.7. The van der Waals surface area contributed by atoms with E-state index in [1.54, 1.807) is 23.5 Å². The fraction of sp³-hybridized carbons (Fsp3) is 0.231. The van der Waals surface area contributed by atoms with Crippen molar-refractivity contribution in [3.05, 3.63) is 99.6 Å². The average Bonchev–Trinajstić information content (AvgIpc) is 3.35. The maximum Gasteiger partial charge on any atom is 0.265 e. The van der Waals surface area contributed by atoms with E-state index >= 15 is 0 Å². The third-order valence-electron chi connectivity index (χ3n) is 6.70. The van der Waals surface area contributed by atoms with Gasteiger partial charge >= 0.3 is 0 Å². The Morgan fingerprint density at radius 3 is 2.53 bits per heavy atom. The van der Waals surface area contributed by atoms with Gasteiger partial charge in [-0.15, -0.1) is 11.3 Å². The van der Waals surface area contributed by atoms with E-state index in [1.807, 2.05) is 48.8 Å². The number of fused-ring (bicyclic) bond motifs is 1. The normalized spacial score (nSPS) is 19.7. The van der Waals surface area contributed by atoms with Crippen LogP contribution in [0.1, 0.15) is 40.9 Å². The van der Waals surface area contributed by atoms with Gasteiger partial charge in [-0.1, -0.05) is 60.2 Å². The van der Waals surface area contributed by atoms with E-state index in [-0.39, 0.29) is 6.04 Å². The van der Waals surface area contributed by atoms with Crippen molar-refractivity contribution in [3.8, 4) is 0 Å². The molecule has 34 heavy (non-hydrogen) atoms. The fourth-order valence-electron chi connectivity index (χ4n) is 4.72. The monoisotopic (exact) mass is 488 g/mol. The van der Waals surface area contributed by atoms with Crippen LogP contribution in [0.25, 0.3) is 6.08 Å². The number of sulfonamides is 1. The minimum absolute atomic E-state index is 0.0635. The largest absolute Gasteiger partial charge is 0.280 e. The average molecular weight is 489 g/mol. The summed E-state index contributed by atoms with van der Waals surface area (Å²) in [5, 5.41) is 9.82. The molecule has 0 amide bonds. The lowest BCUT2D eigenvalue weighted by molar-refractivity contribution is 0.589. The third kappa shape index (κ3) is 3.40. The second kappa shape index (κ2) is 7.92. The van der Waals surface area contributed by atoms with Crippen LogP contribution in [0.4, 0.5) is 5.82 Å². The molecule has 1 N–H and O–H groups in total. The highest BCUT2D eigenvalue weighted by atomic mass is 32.2. The molecule has 6 rings (SSSR count). The summed E-state index contributed by atoms with van der Waals surface area (Å²) in [6.07, 6.45) is 6.47. The molecular weight excluding hydrogens is 464 g/mol. The summed E-state index contributed by atoms with van der Waals surface area (Å²) in [5.41, 5.74) is 6.32. The first kappa shape index (κ1) is 21.3. The van der Waals surface area contributed by atoms with Gasteiger partial charge in [0.05, 0.1) is 21.5 Å². The number of nitrogens with one attached hydrogen (secondary N) is 1. The Bertz CT molecular complexity index is 1460. The fourth-order valence-corrected chi connectivity index (χ4v) is 7.04. The minimum atomic E-state index is -3.73. The molecule has 2 aromatic heterocycles. The highest BCUT2D eigenvalue weighted by Gasteiger charge is 2.43. The number of anilines is 1. The molecule has 6 nitrogen and oxygen atoms in total. The number of thiazole rings is 1. The van der Waals surface area contributed by atoms with E-state index in [2.05, 4.69) is 38.8 Å². The van der Waals surface area contributed by atoms with Gasteiger partial charge in [0.15, 0.2) is 5.82 Å². The molecule has 1 saturated carbocycles. The van der Waals surface area contributed by atoms with E-state index in [0.29, 0.717) is 17.1 Å². The van der Waals surface area contributed by atoms with Crippen LogP contribution in [0.3, 0.4) is 0 Å². The van der Waals surface area contributed by atoms with Crippen LogP contribution in [0.2, 0.25) is 0 Å². The van der Waals surface area contributed by atoms with E-state index in [1.165, 1.54) is 4.31 Å². The summed E-state index contributed by atoms with van der Waals surface area (Å²) in [6.45, 7) is 1.95. The van der Waals surface area contributed by atoms with Crippen molar-refractivity contribution in [1.29, 1.82) is 0 Å². The third-order valence-corrected chi connectivity index (χ3v) is 9.14. The summed E-state index contributed by atoms with van der Waals surface area (Å²) >= 11 is 1.57. The molecule has 2 aliphatic carbocycles. The summed E-state index contributed by atoms with van der Waals surface area (Å²) in [7, 11) is -3.73. The summed E-state index contributed by atoms with van der Waals surface area (Å²) in [4.78, 5) is 4.95. The van der Waals surface area contributed by atoms with Gasteiger partial charge in [-0.3, -0.25) is 5.10 Å². The number of rotatable bonds is 6. The van der Waals surface area contributed by atoms with Crippen LogP contribution in [0.15, 0.2) is 76.5 Å². The molecule has 0 bridgehead atoms. The van der Waals surface area contributed by atoms with Crippen molar-refractivity contribution in [1.82, 2.24) is 15.2 Å². The standard InChI is InChI=1S/C26H24N4O2S2/c1-18-7-11-21(12-8-18)34(31,32)30(20-9-10-20)25-22-13-14-26(15-23(22)28-29-25,24-16-33-17-27-24)19-5-3-2-4-6-19/h2-8,11-14,16-17,20H,9-10,15H2,1H3,(H,28,29). The molecule has 1 fully saturated rings. The molecule has 172 valence electrons. The lowest BCUT2D eigenvalue weighted by Gasteiger charge is -2.32. The van der Waals surface area contributed by atoms with Gasteiger partial charge in [-0.05, 0) is 37.5 Å². The Hall–Kier alpha value is -3.23. The van der Waals surface area contributed by atoms with Gasteiger partial charge in [0.25, 0.3) is 10.0 Å². The van der Waals surface area contributed by atoms with Gasteiger partial charge in [0, 0.05) is 29.1 Å². The molecule has 1 unspecified atom stereocenters. The number of H-pyrrole nitrogens is 1. The zero-order valence-electron chi connectivity index (χ0n) is 18.7. The zero-order chi connectivity index (χ0) is 23.3. The van der Waals surface area contributed by atoms with Crippen LogP contribution in [-0.4, -0.2) is 29.6 Å². The quantitative estimate of drug-likeness (QED) is 0.410. The second-order valence-electron chi connectivity index (χ2n) is 9.01. The lowest BCUT2D eigenvalue weighted by atomic mass is 9.71. The lowest BCUT2D eigenvalue weighted by Crippen LogP contribution is -2.34. The smallest absolute Gasteiger partial charge is 0.265 e. The van der Waals surface area contributed by atoms with Crippen molar-refractivity contribution < 1.29 is 8.42 Å². The van der Waals surface area contributed by atoms with Gasteiger partial charge < -0.3 is 0 Å². The highest BCUT2D eigenvalue weighted by molar-refractivity contribution is 7.92. The Kier molecular flexibility index (Phi) is 4.97. The predicted octanol–water partition coefficient (Wildman–Crippen LogP) is 5.09. The number of aryl methyl sites for hydroxylation is 1. The number of hydrogen-bond donors (Lipinski definition) is 1. The molecule has 8 heteroatoms. The highest BCUT2D eigenvalue weighted by Crippen LogP contribution is 2.45. The van der Waals surface area contributed by atoms with Crippen molar-refractivity contribution in [2.75, 3.05) is 4.31 Å². The molecule has 4 aromatic rings. The van der Waals surface area contributed by atoms with Crippen molar-refractivity contribution >= 4 is 33.3 Å². The predicted molar refractivity (Wildman–Crippen MR) is 135 cm³/mol. The molecule has 0 spiro atoms.